The van der Waals surface area contributed by atoms with Crippen LogP contribution in [0, 0.1) is 6.92 Å². The number of piperidine rings is 1. The summed E-state index contributed by atoms with van der Waals surface area (Å²) in [7, 11) is 0. The summed E-state index contributed by atoms with van der Waals surface area (Å²) in [6.07, 6.45) is 5.86. The first kappa shape index (κ1) is 21.1. The molecule has 0 spiro atoms. The molecule has 1 N–H and O–H groups in total. The van der Waals surface area contributed by atoms with E-state index in [9.17, 15) is 5.11 Å². The van der Waals surface area contributed by atoms with Gasteiger partial charge in [-0.1, -0.05) is 23.7 Å². The quantitative estimate of drug-likeness (QED) is 0.787. The molecule has 6 nitrogen and oxygen atoms in total. The number of halogens is 1. The van der Waals surface area contributed by atoms with Gasteiger partial charge in [-0.25, -0.2) is 9.97 Å². The first-order valence-electron chi connectivity index (χ1n) is 11.5. The number of aliphatic hydroxyl groups excluding tert-OH is 1. The molecule has 166 valence electrons. The van der Waals surface area contributed by atoms with Crippen LogP contribution in [-0.4, -0.2) is 81.8 Å². The van der Waals surface area contributed by atoms with Crippen LogP contribution in [0.15, 0.2) is 36.5 Å². The van der Waals surface area contributed by atoms with E-state index in [4.69, 9.17) is 11.6 Å². The van der Waals surface area contributed by atoms with Crippen LogP contribution >= 0.6 is 11.6 Å². The van der Waals surface area contributed by atoms with Gasteiger partial charge in [0.05, 0.1) is 6.10 Å². The number of anilines is 1. The van der Waals surface area contributed by atoms with Crippen molar-refractivity contribution in [1.29, 1.82) is 0 Å². The van der Waals surface area contributed by atoms with Gasteiger partial charge >= 0.3 is 0 Å². The summed E-state index contributed by atoms with van der Waals surface area (Å²) in [6, 6.07) is 11.8. The molecule has 0 saturated carbocycles. The standard InChI is InChI=1S/C24H32ClN5O/c1-17-6-9-26-24(27-17)28-10-7-20(8-11-28)30-15-21-13-23(31)16-29(21)14-22(30)12-18-2-4-19(25)5-3-18/h2-6,9,20-23,31H,7-8,10-16H2,1H3/t21-,22-,23+/m0/s1. The van der Waals surface area contributed by atoms with Gasteiger partial charge in [0, 0.05) is 67.8 Å². The van der Waals surface area contributed by atoms with Crippen molar-refractivity contribution in [2.45, 2.75) is 56.8 Å². The number of fused-ring (bicyclic) bond motifs is 1. The summed E-state index contributed by atoms with van der Waals surface area (Å²) in [5.74, 6) is 0.861. The summed E-state index contributed by atoms with van der Waals surface area (Å²) in [5.41, 5.74) is 2.36. The SMILES string of the molecule is Cc1ccnc(N2CCC(N3C[C@@H]4C[C@@H](O)CN4C[C@@H]3Cc3ccc(Cl)cc3)CC2)n1. The predicted octanol–water partition coefficient (Wildman–Crippen LogP) is 2.77. The van der Waals surface area contributed by atoms with E-state index in [2.05, 4.69) is 36.8 Å². The highest BCUT2D eigenvalue weighted by Crippen LogP contribution is 2.31. The fourth-order valence-electron chi connectivity index (χ4n) is 5.65. The molecule has 3 aliphatic rings. The molecule has 1 aromatic heterocycles. The van der Waals surface area contributed by atoms with E-state index >= 15 is 0 Å². The lowest BCUT2D eigenvalue weighted by atomic mass is 9.94. The lowest BCUT2D eigenvalue weighted by Crippen LogP contribution is -2.61. The second-order valence-corrected chi connectivity index (χ2v) is 9.83. The number of hydrogen-bond acceptors (Lipinski definition) is 6. The molecule has 3 saturated heterocycles. The van der Waals surface area contributed by atoms with E-state index in [1.54, 1.807) is 0 Å². The number of nitrogens with zero attached hydrogens (tertiary/aromatic N) is 5. The lowest BCUT2D eigenvalue weighted by molar-refractivity contribution is 0.0121. The minimum absolute atomic E-state index is 0.179. The topological polar surface area (TPSA) is 55.7 Å². The molecular formula is C24H32ClN5O. The summed E-state index contributed by atoms with van der Waals surface area (Å²) >= 11 is 6.11. The number of rotatable bonds is 4. The molecule has 3 atom stereocenters. The van der Waals surface area contributed by atoms with Gasteiger partial charge in [-0.05, 0) is 56.4 Å². The van der Waals surface area contributed by atoms with Gasteiger partial charge in [-0.3, -0.25) is 9.80 Å². The van der Waals surface area contributed by atoms with Gasteiger partial charge in [-0.15, -0.1) is 0 Å². The van der Waals surface area contributed by atoms with Crippen LogP contribution in [0.3, 0.4) is 0 Å². The molecule has 31 heavy (non-hydrogen) atoms. The monoisotopic (exact) mass is 441 g/mol. The highest BCUT2D eigenvalue weighted by atomic mass is 35.5. The largest absolute Gasteiger partial charge is 0.392 e. The fraction of sp³-hybridized carbons (Fsp3) is 0.583. The zero-order chi connectivity index (χ0) is 21.4. The number of hydrogen-bond donors (Lipinski definition) is 1. The Balaban J connectivity index is 1.29. The van der Waals surface area contributed by atoms with Crippen LogP contribution in [0.2, 0.25) is 5.02 Å². The molecule has 3 aliphatic heterocycles. The molecule has 4 heterocycles. The van der Waals surface area contributed by atoms with Crippen LogP contribution in [0.4, 0.5) is 5.95 Å². The van der Waals surface area contributed by atoms with Crippen LogP contribution in [-0.2, 0) is 6.42 Å². The van der Waals surface area contributed by atoms with Crippen LogP contribution < -0.4 is 4.90 Å². The van der Waals surface area contributed by atoms with Crippen LogP contribution in [0.25, 0.3) is 0 Å². The Kier molecular flexibility index (Phi) is 6.15. The maximum atomic E-state index is 10.3. The molecule has 0 unspecified atom stereocenters. The summed E-state index contributed by atoms with van der Waals surface area (Å²) in [4.78, 5) is 16.7. The number of benzene rings is 1. The first-order chi connectivity index (χ1) is 15.0. The molecule has 3 fully saturated rings. The zero-order valence-corrected chi connectivity index (χ0v) is 19.0. The molecule has 2 aromatic rings. The minimum atomic E-state index is -0.179. The van der Waals surface area contributed by atoms with Gasteiger partial charge in [0.2, 0.25) is 5.95 Å². The van der Waals surface area contributed by atoms with Gasteiger partial charge < -0.3 is 10.0 Å². The zero-order valence-electron chi connectivity index (χ0n) is 18.2. The Morgan fingerprint density at radius 3 is 2.55 bits per heavy atom. The third-order valence-corrected chi connectivity index (χ3v) is 7.48. The molecule has 0 radical (unpaired) electrons. The fourth-order valence-corrected chi connectivity index (χ4v) is 5.77. The van der Waals surface area contributed by atoms with E-state index in [-0.39, 0.29) is 6.10 Å². The predicted molar refractivity (Wildman–Crippen MR) is 124 cm³/mol. The van der Waals surface area contributed by atoms with E-state index in [0.717, 1.165) is 75.1 Å². The van der Waals surface area contributed by atoms with Crippen molar-refractivity contribution in [1.82, 2.24) is 19.8 Å². The van der Waals surface area contributed by atoms with Gasteiger partial charge in [-0.2, -0.15) is 0 Å². The molecule has 0 amide bonds. The Morgan fingerprint density at radius 2 is 1.81 bits per heavy atom. The number of piperazine rings is 1. The van der Waals surface area contributed by atoms with Crippen LogP contribution in [0.1, 0.15) is 30.5 Å². The maximum absolute atomic E-state index is 10.3. The molecular weight excluding hydrogens is 410 g/mol. The van der Waals surface area contributed by atoms with Crippen molar-refractivity contribution in [3.8, 4) is 0 Å². The molecule has 0 bridgehead atoms. The summed E-state index contributed by atoms with van der Waals surface area (Å²) < 4.78 is 0. The molecule has 0 aliphatic carbocycles. The normalized spacial score (nSPS) is 28.1. The van der Waals surface area contributed by atoms with E-state index in [1.165, 1.54) is 5.56 Å². The number of aryl methyl sites for hydroxylation is 1. The number of aromatic nitrogens is 2. The first-order valence-corrected chi connectivity index (χ1v) is 11.9. The summed E-state index contributed by atoms with van der Waals surface area (Å²) in [5, 5.41) is 11.0. The van der Waals surface area contributed by atoms with Crippen molar-refractivity contribution in [3.63, 3.8) is 0 Å². The Bertz CT molecular complexity index is 886. The van der Waals surface area contributed by atoms with Crippen molar-refractivity contribution in [2.75, 3.05) is 37.6 Å². The van der Waals surface area contributed by atoms with Gasteiger partial charge in [0.15, 0.2) is 0 Å². The van der Waals surface area contributed by atoms with Crippen LogP contribution in [0.5, 0.6) is 0 Å². The van der Waals surface area contributed by atoms with E-state index in [1.807, 2.05) is 31.3 Å². The van der Waals surface area contributed by atoms with E-state index < -0.39 is 0 Å². The molecule has 7 heteroatoms. The Labute approximate surface area is 189 Å². The smallest absolute Gasteiger partial charge is 0.225 e. The number of aliphatic hydroxyl groups is 1. The van der Waals surface area contributed by atoms with Crippen molar-refractivity contribution < 1.29 is 5.11 Å². The van der Waals surface area contributed by atoms with Gasteiger partial charge in [0.25, 0.3) is 0 Å². The highest BCUT2D eigenvalue weighted by molar-refractivity contribution is 6.30. The highest BCUT2D eigenvalue weighted by Gasteiger charge is 2.42. The molecule has 5 rings (SSSR count). The van der Waals surface area contributed by atoms with Gasteiger partial charge in [0.1, 0.15) is 0 Å². The maximum Gasteiger partial charge on any atom is 0.225 e. The van der Waals surface area contributed by atoms with E-state index in [0.29, 0.717) is 18.1 Å². The second kappa shape index (κ2) is 9.02. The van der Waals surface area contributed by atoms with Crippen molar-refractivity contribution >= 4 is 17.5 Å². The van der Waals surface area contributed by atoms with Crippen molar-refractivity contribution in [3.05, 3.63) is 52.8 Å². The van der Waals surface area contributed by atoms with Crippen molar-refractivity contribution in [2.24, 2.45) is 0 Å². The Hall–Kier alpha value is -1.73. The second-order valence-electron chi connectivity index (χ2n) is 9.39. The molecule has 1 aromatic carbocycles. The lowest BCUT2D eigenvalue weighted by Gasteiger charge is -2.49. The Morgan fingerprint density at radius 1 is 1.03 bits per heavy atom. The average Bonchev–Trinajstić information content (AvgIpc) is 3.14. The summed E-state index contributed by atoms with van der Waals surface area (Å²) in [6.45, 7) is 6.92. The average molecular weight is 442 g/mol. The third kappa shape index (κ3) is 4.72. The third-order valence-electron chi connectivity index (χ3n) is 7.22. The minimum Gasteiger partial charge on any atom is -0.392 e.